The molecule has 0 atom stereocenters. The van der Waals surface area contributed by atoms with E-state index in [1.165, 1.54) is 29.1 Å². The van der Waals surface area contributed by atoms with Crippen molar-refractivity contribution in [1.82, 2.24) is 9.71 Å². The zero-order chi connectivity index (χ0) is 15.4. The fourth-order valence-corrected chi connectivity index (χ4v) is 3.44. The van der Waals surface area contributed by atoms with Gasteiger partial charge < -0.3 is 4.90 Å². The van der Waals surface area contributed by atoms with Gasteiger partial charge in [-0.1, -0.05) is 13.8 Å². The summed E-state index contributed by atoms with van der Waals surface area (Å²) in [5.74, 6) is 0. The SMILES string of the molecule is CC1(C)CCN(c2ccc(SNCc3ccncc3)cc2)C1. The second-order valence-electron chi connectivity index (χ2n) is 6.61. The van der Waals surface area contributed by atoms with Crippen LogP contribution in [0.1, 0.15) is 25.8 Å². The van der Waals surface area contributed by atoms with Crippen LogP contribution < -0.4 is 9.62 Å². The highest BCUT2D eigenvalue weighted by Gasteiger charge is 2.29. The first kappa shape index (κ1) is 15.4. The average molecular weight is 313 g/mol. The van der Waals surface area contributed by atoms with Crippen LogP contribution in [0.25, 0.3) is 0 Å². The van der Waals surface area contributed by atoms with Gasteiger partial charge in [-0.2, -0.15) is 0 Å². The van der Waals surface area contributed by atoms with Crippen molar-refractivity contribution in [3.05, 3.63) is 54.4 Å². The number of hydrogen-bond donors (Lipinski definition) is 1. The lowest BCUT2D eigenvalue weighted by Crippen LogP contribution is -2.22. The van der Waals surface area contributed by atoms with Crippen LogP contribution in [0.5, 0.6) is 0 Å². The molecule has 0 saturated carbocycles. The summed E-state index contributed by atoms with van der Waals surface area (Å²) < 4.78 is 3.40. The van der Waals surface area contributed by atoms with Gasteiger partial charge in [0, 0.05) is 42.6 Å². The zero-order valence-electron chi connectivity index (χ0n) is 13.2. The van der Waals surface area contributed by atoms with E-state index in [4.69, 9.17) is 0 Å². The van der Waals surface area contributed by atoms with Gasteiger partial charge in [-0.15, -0.1) is 0 Å². The number of pyridine rings is 1. The highest BCUT2D eigenvalue weighted by Crippen LogP contribution is 2.33. The summed E-state index contributed by atoms with van der Waals surface area (Å²) in [7, 11) is 0. The summed E-state index contributed by atoms with van der Waals surface area (Å²) in [5.41, 5.74) is 3.03. The molecule has 1 aromatic carbocycles. The molecule has 1 aliphatic rings. The van der Waals surface area contributed by atoms with Crippen molar-refractivity contribution in [2.45, 2.75) is 31.7 Å². The van der Waals surface area contributed by atoms with Crippen molar-refractivity contribution in [3.8, 4) is 0 Å². The van der Waals surface area contributed by atoms with Crippen molar-refractivity contribution in [3.63, 3.8) is 0 Å². The van der Waals surface area contributed by atoms with E-state index in [0.717, 1.165) is 13.1 Å². The van der Waals surface area contributed by atoms with Crippen LogP contribution in [-0.4, -0.2) is 18.1 Å². The molecule has 1 N–H and O–H groups in total. The molecule has 0 amide bonds. The third-order valence-electron chi connectivity index (χ3n) is 4.09. The van der Waals surface area contributed by atoms with Crippen LogP contribution in [0.15, 0.2) is 53.7 Å². The molecule has 1 aromatic heterocycles. The van der Waals surface area contributed by atoms with E-state index in [1.54, 1.807) is 11.9 Å². The predicted molar refractivity (Wildman–Crippen MR) is 94.0 cm³/mol. The Hall–Kier alpha value is -1.52. The number of anilines is 1. The van der Waals surface area contributed by atoms with Gasteiger partial charge in [0.2, 0.25) is 0 Å². The molecule has 0 spiro atoms. The van der Waals surface area contributed by atoms with E-state index in [-0.39, 0.29) is 0 Å². The van der Waals surface area contributed by atoms with Crippen LogP contribution in [0.3, 0.4) is 0 Å². The lowest BCUT2D eigenvalue weighted by Gasteiger charge is -2.21. The fraction of sp³-hybridized carbons (Fsp3) is 0.389. The van der Waals surface area contributed by atoms with Crippen molar-refractivity contribution in [2.24, 2.45) is 5.41 Å². The van der Waals surface area contributed by atoms with E-state index < -0.39 is 0 Å². The minimum Gasteiger partial charge on any atom is -0.371 e. The molecule has 1 saturated heterocycles. The van der Waals surface area contributed by atoms with Crippen molar-refractivity contribution in [2.75, 3.05) is 18.0 Å². The molecule has 1 aliphatic heterocycles. The number of rotatable bonds is 5. The fourth-order valence-electron chi connectivity index (χ4n) is 2.76. The molecule has 0 unspecified atom stereocenters. The van der Waals surface area contributed by atoms with Gasteiger partial charge in [-0.25, -0.2) is 0 Å². The van der Waals surface area contributed by atoms with Gasteiger partial charge in [0.25, 0.3) is 0 Å². The highest BCUT2D eigenvalue weighted by atomic mass is 32.2. The summed E-state index contributed by atoms with van der Waals surface area (Å²) in [6.07, 6.45) is 4.93. The lowest BCUT2D eigenvalue weighted by atomic mass is 9.93. The molecule has 3 nitrogen and oxygen atoms in total. The van der Waals surface area contributed by atoms with Gasteiger partial charge in [0.15, 0.2) is 0 Å². The largest absolute Gasteiger partial charge is 0.371 e. The summed E-state index contributed by atoms with van der Waals surface area (Å²) in [4.78, 5) is 7.76. The van der Waals surface area contributed by atoms with Crippen LogP contribution in [-0.2, 0) is 6.54 Å². The topological polar surface area (TPSA) is 28.2 Å². The van der Waals surface area contributed by atoms with Crippen LogP contribution in [0, 0.1) is 5.41 Å². The minimum absolute atomic E-state index is 0.444. The van der Waals surface area contributed by atoms with Crippen LogP contribution in [0.4, 0.5) is 5.69 Å². The van der Waals surface area contributed by atoms with Gasteiger partial charge in [0.05, 0.1) is 0 Å². The second-order valence-corrected chi connectivity index (χ2v) is 7.57. The quantitative estimate of drug-likeness (QED) is 0.841. The van der Waals surface area contributed by atoms with E-state index in [0.29, 0.717) is 5.41 Å². The molecule has 2 heterocycles. The Labute approximate surface area is 137 Å². The number of benzene rings is 1. The normalized spacial score (nSPS) is 16.9. The lowest BCUT2D eigenvalue weighted by molar-refractivity contribution is 0.418. The van der Waals surface area contributed by atoms with Crippen LogP contribution in [0.2, 0.25) is 0 Å². The Morgan fingerprint density at radius 2 is 1.86 bits per heavy atom. The van der Waals surface area contributed by atoms with Crippen LogP contribution >= 0.6 is 11.9 Å². The average Bonchev–Trinajstić information content (AvgIpc) is 2.89. The van der Waals surface area contributed by atoms with E-state index >= 15 is 0 Å². The Balaban J connectivity index is 1.51. The third-order valence-corrected chi connectivity index (χ3v) is 4.89. The summed E-state index contributed by atoms with van der Waals surface area (Å²) in [6.45, 7) is 7.86. The molecule has 1 fully saturated rings. The minimum atomic E-state index is 0.444. The maximum absolute atomic E-state index is 4.03. The number of aromatic nitrogens is 1. The van der Waals surface area contributed by atoms with Crippen molar-refractivity contribution < 1.29 is 0 Å². The molecule has 116 valence electrons. The summed E-state index contributed by atoms with van der Waals surface area (Å²) in [6, 6.07) is 12.9. The Morgan fingerprint density at radius 1 is 1.14 bits per heavy atom. The highest BCUT2D eigenvalue weighted by molar-refractivity contribution is 7.97. The zero-order valence-corrected chi connectivity index (χ0v) is 14.1. The van der Waals surface area contributed by atoms with Gasteiger partial charge in [-0.3, -0.25) is 9.71 Å². The van der Waals surface area contributed by atoms with E-state index in [1.807, 2.05) is 24.5 Å². The van der Waals surface area contributed by atoms with Gasteiger partial charge in [-0.05, 0) is 65.7 Å². The first-order valence-corrected chi connectivity index (χ1v) is 8.58. The monoisotopic (exact) mass is 313 g/mol. The molecule has 0 radical (unpaired) electrons. The molecular formula is C18H23N3S. The molecule has 3 rings (SSSR count). The standard InChI is InChI=1S/C18H23N3S/c1-18(2)9-12-21(14-18)16-3-5-17(6-4-16)22-20-13-15-7-10-19-11-8-15/h3-8,10-11,20H,9,12-14H2,1-2H3. The van der Waals surface area contributed by atoms with Crippen molar-refractivity contribution in [1.29, 1.82) is 0 Å². The maximum Gasteiger partial charge on any atom is 0.0367 e. The molecule has 0 aliphatic carbocycles. The molecule has 2 aromatic rings. The smallest absolute Gasteiger partial charge is 0.0367 e. The Kier molecular flexibility index (Phi) is 4.69. The summed E-state index contributed by atoms with van der Waals surface area (Å²) in [5, 5.41) is 0. The first-order chi connectivity index (χ1) is 10.6. The Morgan fingerprint density at radius 3 is 2.50 bits per heavy atom. The van der Waals surface area contributed by atoms with Gasteiger partial charge >= 0.3 is 0 Å². The first-order valence-electron chi connectivity index (χ1n) is 7.76. The number of nitrogens with zero attached hydrogens (tertiary/aromatic N) is 2. The number of nitrogens with one attached hydrogen (secondary N) is 1. The number of hydrogen-bond acceptors (Lipinski definition) is 4. The van der Waals surface area contributed by atoms with E-state index in [2.05, 4.69) is 52.7 Å². The maximum atomic E-state index is 4.03. The molecule has 4 heteroatoms. The predicted octanol–water partition coefficient (Wildman–Crippen LogP) is 4.11. The summed E-state index contributed by atoms with van der Waals surface area (Å²) >= 11 is 1.68. The van der Waals surface area contributed by atoms with E-state index in [9.17, 15) is 0 Å². The van der Waals surface area contributed by atoms with Crippen molar-refractivity contribution >= 4 is 17.6 Å². The Bertz CT molecular complexity index is 595. The second kappa shape index (κ2) is 6.71. The van der Waals surface area contributed by atoms with Gasteiger partial charge in [0.1, 0.15) is 0 Å². The third kappa shape index (κ3) is 4.02. The molecular weight excluding hydrogens is 290 g/mol. The molecule has 0 bridgehead atoms. The molecule has 22 heavy (non-hydrogen) atoms.